The summed E-state index contributed by atoms with van der Waals surface area (Å²) in [4.78, 5) is 2.37. The lowest BCUT2D eigenvalue weighted by atomic mass is 10.0. The molecule has 2 aliphatic rings. The number of benzene rings is 1. The quantitative estimate of drug-likeness (QED) is 0.898. The molecule has 1 aromatic carbocycles. The van der Waals surface area contributed by atoms with Crippen molar-refractivity contribution in [2.24, 2.45) is 0 Å². The van der Waals surface area contributed by atoms with Crippen LogP contribution in [0.15, 0.2) is 35.6 Å². The summed E-state index contributed by atoms with van der Waals surface area (Å²) in [7, 11) is 0. The second kappa shape index (κ2) is 5.16. The van der Waals surface area contributed by atoms with Crippen molar-refractivity contribution >= 4 is 23.4 Å². The van der Waals surface area contributed by atoms with Crippen LogP contribution in [0.25, 0.3) is 0 Å². The highest BCUT2D eigenvalue weighted by molar-refractivity contribution is 8.00. The van der Waals surface area contributed by atoms with E-state index in [0.717, 1.165) is 36.8 Å². The number of thioether (sulfide) groups is 1. The Kier molecular flexibility index (Phi) is 3.55. The lowest BCUT2D eigenvalue weighted by Gasteiger charge is -2.31. The summed E-state index contributed by atoms with van der Waals surface area (Å²) in [5.41, 5.74) is 2.40. The largest absolute Gasteiger partial charge is 0.511 e. The van der Waals surface area contributed by atoms with Crippen LogP contribution in [0.3, 0.4) is 0 Å². The van der Waals surface area contributed by atoms with Crippen LogP contribution in [0.1, 0.15) is 12.0 Å². The van der Waals surface area contributed by atoms with Gasteiger partial charge in [0.1, 0.15) is 5.76 Å². The molecule has 1 unspecified atom stereocenters. The summed E-state index contributed by atoms with van der Waals surface area (Å²) in [6.07, 6.45) is 1.13. The lowest BCUT2D eigenvalue weighted by Crippen LogP contribution is -2.35. The van der Waals surface area contributed by atoms with E-state index in [1.54, 1.807) is 0 Å². The highest BCUT2D eigenvalue weighted by Crippen LogP contribution is 2.37. The van der Waals surface area contributed by atoms with Crippen LogP contribution in [0.4, 0.5) is 0 Å². The van der Waals surface area contributed by atoms with Gasteiger partial charge >= 0.3 is 0 Å². The standard InChI is InChI=1S/C14H16ClNOS/c15-12-4-2-1-3-10(12)7-16-6-5-14-11(8-16)13(17)9-18-14/h1-4,14,17H,5-9H2. The summed E-state index contributed by atoms with van der Waals surface area (Å²) in [6, 6.07) is 7.99. The maximum Gasteiger partial charge on any atom is 0.104 e. The van der Waals surface area contributed by atoms with Crippen LogP contribution in [-0.4, -0.2) is 34.1 Å². The van der Waals surface area contributed by atoms with Gasteiger partial charge in [0.05, 0.1) is 5.75 Å². The third-order valence-corrected chi connectivity index (χ3v) is 5.37. The van der Waals surface area contributed by atoms with Gasteiger partial charge in [-0.25, -0.2) is 0 Å². The highest BCUT2D eigenvalue weighted by Gasteiger charge is 2.31. The molecule has 1 saturated heterocycles. The number of nitrogens with zero attached hydrogens (tertiary/aromatic N) is 1. The fourth-order valence-electron chi connectivity index (χ4n) is 2.63. The SMILES string of the molecule is OC1=C2CN(Cc3ccccc3Cl)CCC2SC1. The number of hydrogen-bond donors (Lipinski definition) is 1. The van der Waals surface area contributed by atoms with Crippen molar-refractivity contribution in [1.29, 1.82) is 0 Å². The topological polar surface area (TPSA) is 23.5 Å². The van der Waals surface area contributed by atoms with E-state index >= 15 is 0 Å². The van der Waals surface area contributed by atoms with E-state index < -0.39 is 0 Å². The molecule has 1 N–H and O–H groups in total. The van der Waals surface area contributed by atoms with Crippen molar-refractivity contribution < 1.29 is 5.11 Å². The molecule has 2 heterocycles. The molecule has 1 aromatic rings. The first-order valence-electron chi connectivity index (χ1n) is 6.22. The first-order valence-corrected chi connectivity index (χ1v) is 7.65. The van der Waals surface area contributed by atoms with Crippen LogP contribution in [0, 0.1) is 0 Å². The number of piperidine rings is 1. The molecular weight excluding hydrogens is 266 g/mol. The Morgan fingerprint density at radius 3 is 3.06 bits per heavy atom. The van der Waals surface area contributed by atoms with E-state index in [2.05, 4.69) is 11.0 Å². The van der Waals surface area contributed by atoms with Gasteiger partial charge in [-0.1, -0.05) is 29.8 Å². The first kappa shape index (κ1) is 12.4. The van der Waals surface area contributed by atoms with Crippen LogP contribution in [-0.2, 0) is 6.54 Å². The molecule has 96 valence electrons. The normalized spacial score (nSPS) is 24.4. The molecule has 0 spiro atoms. The Bertz CT molecular complexity index is 488. The van der Waals surface area contributed by atoms with Crippen molar-refractivity contribution in [3.63, 3.8) is 0 Å². The van der Waals surface area contributed by atoms with Gasteiger partial charge in [-0.15, -0.1) is 11.8 Å². The van der Waals surface area contributed by atoms with Gasteiger partial charge in [0, 0.05) is 29.9 Å². The number of rotatable bonds is 2. The zero-order valence-corrected chi connectivity index (χ0v) is 11.7. The smallest absolute Gasteiger partial charge is 0.104 e. The number of fused-ring (bicyclic) bond motifs is 1. The molecule has 1 fully saturated rings. The van der Waals surface area contributed by atoms with Gasteiger partial charge in [0.25, 0.3) is 0 Å². The zero-order chi connectivity index (χ0) is 12.5. The summed E-state index contributed by atoms with van der Waals surface area (Å²) < 4.78 is 0. The molecule has 0 saturated carbocycles. The number of aliphatic hydroxyl groups is 1. The Balaban J connectivity index is 1.72. The van der Waals surface area contributed by atoms with Crippen molar-refractivity contribution in [1.82, 2.24) is 4.90 Å². The molecule has 0 aliphatic carbocycles. The molecule has 0 bridgehead atoms. The van der Waals surface area contributed by atoms with Crippen molar-refractivity contribution in [2.75, 3.05) is 18.8 Å². The van der Waals surface area contributed by atoms with Gasteiger partial charge in [0.15, 0.2) is 0 Å². The number of aliphatic hydroxyl groups excluding tert-OH is 1. The van der Waals surface area contributed by atoms with E-state index in [0.29, 0.717) is 11.0 Å². The molecular formula is C14H16ClNOS. The second-order valence-corrected chi connectivity index (χ2v) is 6.46. The summed E-state index contributed by atoms with van der Waals surface area (Å²) in [6.45, 7) is 2.84. The Morgan fingerprint density at radius 2 is 2.22 bits per heavy atom. The molecule has 0 aromatic heterocycles. The number of halogens is 1. The van der Waals surface area contributed by atoms with E-state index in [9.17, 15) is 5.11 Å². The van der Waals surface area contributed by atoms with Gasteiger partial charge in [-0.05, 0) is 23.6 Å². The minimum atomic E-state index is 0.549. The summed E-state index contributed by atoms with van der Waals surface area (Å²) in [5, 5.41) is 11.2. The Hall–Kier alpha value is -0.640. The highest BCUT2D eigenvalue weighted by atomic mass is 35.5. The minimum Gasteiger partial charge on any atom is -0.511 e. The van der Waals surface area contributed by atoms with Crippen LogP contribution >= 0.6 is 23.4 Å². The van der Waals surface area contributed by atoms with Gasteiger partial charge < -0.3 is 5.11 Å². The molecule has 3 rings (SSSR count). The number of likely N-dealkylation sites (tertiary alicyclic amines) is 1. The molecule has 4 heteroatoms. The predicted molar refractivity (Wildman–Crippen MR) is 77.2 cm³/mol. The summed E-state index contributed by atoms with van der Waals surface area (Å²) >= 11 is 8.06. The maximum absolute atomic E-state index is 9.87. The fourth-order valence-corrected chi connectivity index (χ4v) is 4.06. The van der Waals surface area contributed by atoms with Gasteiger partial charge in [0.2, 0.25) is 0 Å². The van der Waals surface area contributed by atoms with E-state index in [4.69, 9.17) is 11.6 Å². The number of hydrogen-bond acceptors (Lipinski definition) is 3. The van der Waals surface area contributed by atoms with E-state index in [-0.39, 0.29) is 0 Å². The van der Waals surface area contributed by atoms with Gasteiger partial charge in [-0.3, -0.25) is 4.90 Å². The average Bonchev–Trinajstić information content (AvgIpc) is 2.74. The third-order valence-electron chi connectivity index (χ3n) is 3.63. The van der Waals surface area contributed by atoms with Crippen molar-refractivity contribution in [3.8, 4) is 0 Å². The minimum absolute atomic E-state index is 0.549. The fraction of sp³-hybridized carbons (Fsp3) is 0.429. The maximum atomic E-state index is 9.87. The van der Waals surface area contributed by atoms with E-state index in [1.165, 1.54) is 11.1 Å². The molecule has 0 amide bonds. The lowest BCUT2D eigenvalue weighted by molar-refractivity contribution is 0.254. The van der Waals surface area contributed by atoms with Crippen molar-refractivity contribution in [2.45, 2.75) is 18.2 Å². The monoisotopic (exact) mass is 281 g/mol. The van der Waals surface area contributed by atoms with Crippen LogP contribution in [0.2, 0.25) is 5.02 Å². The molecule has 2 aliphatic heterocycles. The van der Waals surface area contributed by atoms with Crippen LogP contribution in [0.5, 0.6) is 0 Å². The molecule has 2 nitrogen and oxygen atoms in total. The zero-order valence-electron chi connectivity index (χ0n) is 10.1. The Morgan fingerprint density at radius 1 is 1.39 bits per heavy atom. The molecule has 1 atom stereocenters. The Labute approximate surface area is 117 Å². The predicted octanol–water partition coefficient (Wildman–Crippen LogP) is 3.47. The second-order valence-electron chi connectivity index (χ2n) is 4.86. The average molecular weight is 282 g/mol. The van der Waals surface area contributed by atoms with Crippen LogP contribution < -0.4 is 0 Å². The molecule has 18 heavy (non-hydrogen) atoms. The molecule has 0 radical (unpaired) electrons. The third kappa shape index (κ3) is 2.40. The first-order chi connectivity index (χ1) is 8.74. The van der Waals surface area contributed by atoms with Gasteiger partial charge in [-0.2, -0.15) is 0 Å². The summed E-state index contributed by atoms with van der Waals surface area (Å²) in [5.74, 6) is 1.40. The van der Waals surface area contributed by atoms with Crippen molar-refractivity contribution in [3.05, 3.63) is 46.2 Å². The van der Waals surface area contributed by atoms with E-state index in [1.807, 2.05) is 30.0 Å².